The van der Waals surface area contributed by atoms with Gasteiger partial charge in [0.05, 0.1) is 18.0 Å². The lowest BCUT2D eigenvalue weighted by molar-refractivity contribution is 0.564. The molecule has 0 amide bonds. The number of furan rings is 1. The molecule has 0 aliphatic carbocycles. The zero-order chi connectivity index (χ0) is 14.5. The van der Waals surface area contributed by atoms with E-state index in [-0.39, 0.29) is 0 Å². The average Bonchev–Trinajstić information content (AvgIpc) is 3.04. The Labute approximate surface area is 123 Å². The Morgan fingerprint density at radius 2 is 2.00 bits per heavy atom. The number of anilines is 2. The molecule has 3 rings (SSSR count). The summed E-state index contributed by atoms with van der Waals surface area (Å²) in [6, 6.07) is 9.94. The van der Waals surface area contributed by atoms with Crippen molar-refractivity contribution in [2.45, 2.75) is 19.9 Å². The highest BCUT2D eigenvalue weighted by molar-refractivity contribution is 5.89. The fourth-order valence-electron chi connectivity index (χ4n) is 2.11. The van der Waals surface area contributed by atoms with Gasteiger partial charge in [0.2, 0.25) is 5.95 Å². The van der Waals surface area contributed by atoms with Crippen LogP contribution < -0.4 is 10.6 Å². The van der Waals surface area contributed by atoms with E-state index in [0.717, 1.165) is 35.2 Å². The third kappa shape index (κ3) is 3.13. The largest absolute Gasteiger partial charge is 0.472 e. The Morgan fingerprint density at radius 1 is 1.10 bits per heavy atom. The zero-order valence-electron chi connectivity index (χ0n) is 12.0. The smallest absolute Gasteiger partial charge is 0.225 e. The van der Waals surface area contributed by atoms with Crippen molar-refractivity contribution in [1.82, 2.24) is 9.97 Å². The van der Waals surface area contributed by atoms with Crippen molar-refractivity contribution in [1.29, 1.82) is 0 Å². The Hall–Kier alpha value is -2.56. The number of nitrogens with one attached hydrogen (secondary N) is 2. The lowest BCUT2D eigenvalue weighted by atomic mass is 10.2. The first-order valence-corrected chi connectivity index (χ1v) is 7.12. The van der Waals surface area contributed by atoms with Crippen molar-refractivity contribution in [2.24, 2.45) is 0 Å². The van der Waals surface area contributed by atoms with Gasteiger partial charge in [-0.3, -0.25) is 0 Å². The summed E-state index contributed by atoms with van der Waals surface area (Å²) in [7, 11) is 0. The standard InChI is InChI=1S/C16H18N4O/c1-2-8-17-16-19-14-6-4-3-5-13(14)15(20-16)18-10-12-7-9-21-11-12/h3-7,9,11H,2,8,10H2,1H3,(H2,17,18,19,20). The quantitative estimate of drug-likeness (QED) is 0.722. The molecule has 0 unspecified atom stereocenters. The minimum Gasteiger partial charge on any atom is -0.472 e. The first-order valence-electron chi connectivity index (χ1n) is 7.12. The number of fused-ring (bicyclic) bond motifs is 1. The van der Waals surface area contributed by atoms with Gasteiger partial charge in [0.25, 0.3) is 0 Å². The molecule has 5 heteroatoms. The molecule has 108 valence electrons. The summed E-state index contributed by atoms with van der Waals surface area (Å²) in [5.41, 5.74) is 2.02. The molecular formula is C16H18N4O. The molecule has 3 aromatic rings. The van der Waals surface area contributed by atoms with E-state index in [1.807, 2.05) is 30.3 Å². The van der Waals surface area contributed by atoms with E-state index in [4.69, 9.17) is 4.42 Å². The van der Waals surface area contributed by atoms with Crippen LogP contribution in [-0.4, -0.2) is 16.5 Å². The molecule has 2 aromatic heterocycles. The van der Waals surface area contributed by atoms with E-state index in [2.05, 4.69) is 27.5 Å². The van der Waals surface area contributed by atoms with Gasteiger partial charge >= 0.3 is 0 Å². The van der Waals surface area contributed by atoms with Crippen LogP contribution in [0.4, 0.5) is 11.8 Å². The maximum absolute atomic E-state index is 5.08. The number of nitrogens with zero attached hydrogens (tertiary/aromatic N) is 2. The van der Waals surface area contributed by atoms with Crippen LogP contribution in [0.1, 0.15) is 18.9 Å². The molecule has 1 aromatic carbocycles. The molecule has 5 nitrogen and oxygen atoms in total. The molecule has 0 saturated carbocycles. The molecule has 0 atom stereocenters. The summed E-state index contributed by atoms with van der Waals surface area (Å²) in [6.07, 6.45) is 4.43. The molecule has 0 saturated heterocycles. The SMILES string of the molecule is CCCNc1nc(NCc2ccoc2)c2ccccc2n1. The number of hydrogen-bond donors (Lipinski definition) is 2. The number of benzene rings is 1. The third-order valence-electron chi connectivity index (χ3n) is 3.18. The van der Waals surface area contributed by atoms with E-state index in [0.29, 0.717) is 12.5 Å². The summed E-state index contributed by atoms with van der Waals surface area (Å²) in [5.74, 6) is 1.49. The number of hydrogen-bond acceptors (Lipinski definition) is 5. The summed E-state index contributed by atoms with van der Waals surface area (Å²) in [4.78, 5) is 9.11. The first-order chi connectivity index (χ1) is 10.4. The third-order valence-corrected chi connectivity index (χ3v) is 3.18. The first kappa shape index (κ1) is 13.4. The molecule has 0 aliphatic heterocycles. The highest BCUT2D eigenvalue weighted by Gasteiger charge is 2.07. The van der Waals surface area contributed by atoms with Gasteiger partial charge in [0.15, 0.2) is 0 Å². The van der Waals surface area contributed by atoms with Crippen molar-refractivity contribution >= 4 is 22.7 Å². The summed E-state index contributed by atoms with van der Waals surface area (Å²) in [5, 5.41) is 7.61. The second kappa shape index (κ2) is 6.26. The second-order valence-corrected chi connectivity index (χ2v) is 4.82. The normalized spacial score (nSPS) is 10.7. The molecule has 0 spiro atoms. The fraction of sp³-hybridized carbons (Fsp3) is 0.250. The lowest BCUT2D eigenvalue weighted by Gasteiger charge is -2.11. The maximum Gasteiger partial charge on any atom is 0.225 e. The van der Waals surface area contributed by atoms with E-state index in [1.165, 1.54) is 0 Å². The van der Waals surface area contributed by atoms with Gasteiger partial charge in [-0.05, 0) is 24.6 Å². The zero-order valence-corrected chi connectivity index (χ0v) is 12.0. The number of para-hydroxylation sites is 1. The van der Waals surface area contributed by atoms with Crippen LogP contribution in [0.15, 0.2) is 47.3 Å². The minimum absolute atomic E-state index is 0.658. The average molecular weight is 282 g/mol. The van der Waals surface area contributed by atoms with Crippen molar-refractivity contribution in [3.05, 3.63) is 48.4 Å². The minimum atomic E-state index is 0.658. The Bertz CT molecular complexity index is 709. The molecule has 21 heavy (non-hydrogen) atoms. The Kier molecular flexibility index (Phi) is 4.00. The molecule has 0 aliphatic rings. The Balaban J connectivity index is 1.90. The van der Waals surface area contributed by atoms with Crippen molar-refractivity contribution in [2.75, 3.05) is 17.2 Å². The summed E-state index contributed by atoms with van der Waals surface area (Å²) < 4.78 is 5.08. The van der Waals surface area contributed by atoms with Crippen LogP contribution in [0.3, 0.4) is 0 Å². The molecular weight excluding hydrogens is 264 g/mol. The van der Waals surface area contributed by atoms with Crippen LogP contribution in [0.2, 0.25) is 0 Å². The topological polar surface area (TPSA) is 63.0 Å². The highest BCUT2D eigenvalue weighted by atomic mass is 16.3. The number of aromatic nitrogens is 2. The highest BCUT2D eigenvalue weighted by Crippen LogP contribution is 2.22. The predicted octanol–water partition coefficient (Wildman–Crippen LogP) is 3.66. The molecule has 2 heterocycles. The van der Waals surface area contributed by atoms with Gasteiger partial charge in [0, 0.05) is 24.0 Å². The van der Waals surface area contributed by atoms with E-state index in [1.54, 1.807) is 12.5 Å². The van der Waals surface area contributed by atoms with E-state index >= 15 is 0 Å². The van der Waals surface area contributed by atoms with Gasteiger partial charge in [-0.2, -0.15) is 4.98 Å². The van der Waals surface area contributed by atoms with Crippen molar-refractivity contribution in [3.63, 3.8) is 0 Å². The van der Waals surface area contributed by atoms with Gasteiger partial charge in [0.1, 0.15) is 5.82 Å². The van der Waals surface area contributed by atoms with E-state index in [9.17, 15) is 0 Å². The predicted molar refractivity (Wildman–Crippen MR) is 84.4 cm³/mol. The van der Waals surface area contributed by atoms with Gasteiger partial charge < -0.3 is 15.1 Å². The van der Waals surface area contributed by atoms with Gasteiger partial charge in [-0.15, -0.1) is 0 Å². The molecule has 0 fully saturated rings. The fourth-order valence-corrected chi connectivity index (χ4v) is 2.11. The lowest BCUT2D eigenvalue weighted by Crippen LogP contribution is -2.08. The van der Waals surface area contributed by atoms with Gasteiger partial charge in [-0.25, -0.2) is 4.98 Å². The van der Waals surface area contributed by atoms with Crippen molar-refractivity contribution < 1.29 is 4.42 Å². The van der Waals surface area contributed by atoms with Gasteiger partial charge in [-0.1, -0.05) is 19.1 Å². The maximum atomic E-state index is 5.08. The molecule has 2 N–H and O–H groups in total. The summed E-state index contributed by atoms with van der Waals surface area (Å²) >= 11 is 0. The van der Waals surface area contributed by atoms with Crippen LogP contribution in [0.5, 0.6) is 0 Å². The Morgan fingerprint density at radius 3 is 2.81 bits per heavy atom. The van der Waals surface area contributed by atoms with Crippen molar-refractivity contribution in [3.8, 4) is 0 Å². The number of rotatable bonds is 6. The van der Waals surface area contributed by atoms with E-state index < -0.39 is 0 Å². The van der Waals surface area contributed by atoms with Crippen LogP contribution in [0, 0.1) is 0 Å². The van der Waals surface area contributed by atoms with Crippen LogP contribution >= 0.6 is 0 Å². The molecule has 0 radical (unpaired) electrons. The molecule has 0 bridgehead atoms. The summed E-state index contributed by atoms with van der Waals surface area (Å²) in [6.45, 7) is 3.65. The second-order valence-electron chi connectivity index (χ2n) is 4.82. The van der Waals surface area contributed by atoms with Crippen LogP contribution in [-0.2, 0) is 6.54 Å². The monoisotopic (exact) mass is 282 g/mol. The van der Waals surface area contributed by atoms with Crippen LogP contribution in [0.25, 0.3) is 10.9 Å².